The van der Waals surface area contributed by atoms with Crippen LogP contribution in [0.15, 0.2) is 35.3 Å². The molecule has 1 atom stereocenters. The van der Waals surface area contributed by atoms with E-state index in [4.69, 9.17) is 16.3 Å². The number of rotatable bonds is 8. The van der Waals surface area contributed by atoms with Crippen LogP contribution in [0, 0.1) is 17.5 Å². The largest absolute Gasteiger partial charge is 0.453 e. The van der Waals surface area contributed by atoms with Crippen molar-refractivity contribution in [3.8, 4) is 0 Å². The maximum Gasteiger partial charge on any atom is 0.414 e. The summed E-state index contributed by atoms with van der Waals surface area (Å²) in [5.41, 5.74) is -0.898. The monoisotopic (exact) mass is 690 g/mol. The predicted octanol–water partition coefficient (Wildman–Crippen LogP) is 3.17. The lowest BCUT2D eigenvalue weighted by atomic mass is 10.1. The number of hydrogen-bond donors (Lipinski definition) is 2. The normalized spacial score (nSPS) is 17.8. The molecule has 2 N–H and O–H groups in total. The van der Waals surface area contributed by atoms with Gasteiger partial charge in [-0.25, -0.2) is 22.8 Å². The SMILES string of the molecule is COC(=O)NCC1CN(c2cc(F)c(N3CCN(C(=O)CNC(=O)c4cn(C5CC5)c5cc(Cl)c(F)cc5c4=O)CC3)c(F)c2)C(=O)O1. The number of pyridine rings is 1. The van der Waals surface area contributed by atoms with Gasteiger partial charge < -0.3 is 34.5 Å². The van der Waals surface area contributed by atoms with Gasteiger partial charge in [-0.05, 0) is 25.0 Å². The number of benzene rings is 2. The quantitative estimate of drug-likeness (QED) is 0.367. The minimum absolute atomic E-state index is 0.00360. The average Bonchev–Trinajstić information content (AvgIpc) is 3.84. The number of alkyl carbamates (subject to hydrolysis) is 1. The molecule has 48 heavy (non-hydrogen) atoms. The van der Waals surface area contributed by atoms with Gasteiger partial charge in [0, 0.05) is 55.9 Å². The number of cyclic esters (lactones) is 1. The number of fused-ring (bicyclic) bond motifs is 1. The number of halogens is 4. The van der Waals surface area contributed by atoms with E-state index in [0.717, 1.165) is 35.9 Å². The highest BCUT2D eigenvalue weighted by Crippen LogP contribution is 2.38. The molecule has 6 rings (SSSR count). The molecule has 17 heteroatoms. The number of aromatic nitrogens is 1. The molecule has 13 nitrogen and oxygen atoms in total. The van der Waals surface area contributed by atoms with E-state index < -0.39 is 59.5 Å². The molecular formula is C31H30ClF3N6O7. The van der Waals surface area contributed by atoms with E-state index >= 15 is 8.78 Å². The van der Waals surface area contributed by atoms with Crippen molar-refractivity contribution in [2.24, 2.45) is 0 Å². The summed E-state index contributed by atoms with van der Waals surface area (Å²) in [6.07, 6.45) is 0.740. The van der Waals surface area contributed by atoms with Crippen LogP contribution in [-0.2, 0) is 14.3 Å². The van der Waals surface area contributed by atoms with E-state index in [9.17, 15) is 28.4 Å². The smallest absolute Gasteiger partial charge is 0.414 e. The molecule has 4 amide bonds. The first-order valence-corrected chi connectivity index (χ1v) is 15.5. The number of nitrogens with one attached hydrogen (secondary N) is 2. The zero-order valence-corrected chi connectivity index (χ0v) is 26.3. The second kappa shape index (κ2) is 13.3. The molecule has 3 heterocycles. The molecule has 3 fully saturated rings. The van der Waals surface area contributed by atoms with Gasteiger partial charge in [-0.1, -0.05) is 11.6 Å². The summed E-state index contributed by atoms with van der Waals surface area (Å²) in [6.45, 7) is -0.210. The van der Waals surface area contributed by atoms with Gasteiger partial charge in [-0.3, -0.25) is 19.3 Å². The Bertz CT molecular complexity index is 1860. The second-order valence-electron chi connectivity index (χ2n) is 11.6. The van der Waals surface area contributed by atoms with Crippen molar-refractivity contribution in [2.75, 3.05) is 62.7 Å². The summed E-state index contributed by atoms with van der Waals surface area (Å²) < 4.78 is 56.0. The Morgan fingerprint density at radius 1 is 0.979 bits per heavy atom. The highest BCUT2D eigenvalue weighted by molar-refractivity contribution is 6.31. The molecule has 2 aliphatic heterocycles. The molecule has 1 unspecified atom stereocenters. The van der Waals surface area contributed by atoms with E-state index in [1.54, 1.807) is 4.57 Å². The van der Waals surface area contributed by atoms with E-state index in [0.29, 0.717) is 5.52 Å². The minimum Gasteiger partial charge on any atom is -0.453 e. The Balaban J connectivity index is 1.06. The molecule has 1 saturated carbocycles. The van der Waals surface area contributed by atoms with Gasteiger partial charge in [0.25, 0.3) is 5.91 Å². The third kappa shape index (κ3) is 6.56. The van der Waals surface area contributed by atoms with Crippen LogP contribution < -0.4 is 25.9 Å². The second-order valence-corrected chi connectivity index (χ2v) is 12.0. The predicted molar refractivity (Wildman–Crippen MR) is 167 cm³/mol. The van der Waals surface area contributed by atoms with Gasteiger partial charge in [0.05, 0.1) is 43.0 Å². The molecular weight excluding hydrogens is 661 g/mol. The molecule has 2 aromatic carbocycles. The highest BCUT2D eigenvalue weighted by atomic mass is 35.5. The maximum atomic E-state index is 15.2. The van der Waals surface area contributed by atoms with Crippen molar-refractivity contribution in [1.82, 2.24) is 20.1 Å². The zero-order valence-electron chi connectivity index (χ0n) is 25.6. The Kier molecular flexibility index (Phi) is 9.09. The third-order valence-electron chi connectivity index (χ3n) is 8.45. The van der Waals surface area contributed by atoms with E-state index in [1.165, 1.54) is 29.2 Å². The number of nitrogens with zero attached hydrogens (tertiary/aromatic N) is 4. The molecule has 1 aliphatic carbocycles. The first-order chi connectivity index (χ1) is 22.9. The topological polar surface area (TPSA) is 143 Å². The van der Waals surface area contributed by atoms with E-state index in [2.05, 4.69) is 15.4 Å². The third-order valence-corrected chi connectivity index (χ3v) is 8.74. The van der Waals surface area contributed by atoms with Crippen molar-refractivity contribution < 1.29 is 41.8 Å². The van der Waals surface area contributed by atoms with Crippen molar-refractivity contribution in [3.63, 3.8) is 0 Å². The highest BCUT2D eigenvalue weighted by Gasteiger charge is 2.35. The Labute approximate surface area is 276 Å². The lowest BCUT2D eigenvalue weighted by Gasteiger charge is -2.36. The zero-order chi connectivity index (χ0) is 34.3. The van der Waals surface area contributed by atoms with Crippen LogP contribution in [0.25, 0.3) is 10.9 Å². The fourth-order valence-corrected chi connectivity index (χ4v) is 5.98. The Hall–Kier alpha value is -4.99. The van der Waals surface area contributed by atoms with Crippen LogP contribution in [0.1, 0.15) is 29.2 Å². The number of piperazine rings is 1. The summed E-state index contributed by atoms with van der Waals surface area (Å²) in [6, 6.07) is 4.42. The van der Waals surface area contributed by atoms with Gasteiger partial charge in [-0.2, -0.15) is 0 Å². The first kappa shape index (κ1) is 32.9. The van der Waals surface area contributed by atoms with Gasteiger partial charge in [0.2, 0.25) is 11.3 Å². The van der Waals surface area contributed by atoms with Gasteiger partial charge in [0.1, 0.15) is 23.2 Å². The van der Waals surface area contributed by atoms with Gasteiger partial charge in [-0.15, -0.1) is 0 Å². The minimum atomic E-state index is -0.921. The van der Waals surface area contributed by atoms with Gasteiger partial charge >= 0.3 is 12.2 Å². The molecule has 3 aliphatic rings. The number of ether oxygens (including phenoxy) is 2. The Morgan fingerprint density at radius 2 is 1.67 bits per heavy atom. The van der Waals surface area contributed by atoms with Crippen molar-refractivity contribution >= 4 is 57.9 Å². The lowest BCUT2D eigenvalue weighted by molar-refractivity contribution is -0.130. The summed E-state index contributed by atoms with van der Waals surface area (Å²) in [5.74, 6) is -3.90. The fraction of sp³-hybridized carbons (Fsp3) is 0.387. The standard InChI is InChI=1S/C31H30ClF3N6O7/c1-47-30(45)37-12-18-14-41(31(46)48-18)17-8-23(34)27(24(35)9-17)39-6-4-38(5-7-39)26(42)13-36-29(44)20-15-40(16-2-3-16)25-11-21(32)22(33)10-19(25)28(20)43/h8-11,15-16,18H,2-7,12-14H2,1H3,(H,36,44)(H,37,45). The fourth-order valence-electron chi connectivity index (χ4n) is 5.82. The van der Waals surface area contributed by atoms with Gasteiger partial charge in [0.15, 0.2) is 11.6 Å². The molecule has 3 aromatic rings. The first-order valence-electron chi connectivity index (χ1n) is 15.1. The van der Waals surface area contributed by atoms with Crippen LogP contribution in [0.2, 0.25) is 5.02 Å². The summed E-state index contributed by atoms with van der Waals surface area (Å²) in [5, 5.41) is 4.72. The number of carbonyl (C=O) groups excluding carboxylic acids is 4. The summed E-state index contributed by atoms with van der Waals surface area (Å²) in [4.78, 5) is 66.6. The number of carbonyl (C=O) groups is 4. The van der Waals surface area contributed by atoms with Crippen molar-refractivity contribution in [3.05, 3.63) is 68.7 Å². The summed E-state index contributed by atoms with van der Waals surface area (Å²) >= 11 is 5.93. The average molecular weight is 691 g/mol. The molecule has 1 aromatic heterocycles. The van der Waals surface area contributed by atoms with E-state index in [1.807, 2.05) is 0 Å². The summed E-state index contributed by atoms with van der Waals surface area (Å²) in [7, 11) is 1.18. The molecule has 0 spiro atoms. The van der Waals surface area contributed by atoms with Crippen LogP contribution in [0.4, 0.5) is 34.1 Å². The van der Waals surface area contributed by atoms with E-state index in [-0.39, 0.29) is 72.7 Å². The number of hydrogen-bond acceptors (Lipinski definition) is 8. The molecule has 0 radical (unpaired) electrons. The van der Waals surface area contributed by atoms with Crippen LogP contribution in [0.3, 0.4) is 0 Å². The lowest BCUT2D eigenvalue weighted by Crippen LogP contribution is -2.51. The number of anilines is 2. The Morgan fingerprint density at radius 3 is 2.31 bits per heavy atom. The molecule has 254 valence electrons. The number of methoxy groups -OCH3 is 1. The van der Waals surface area contributed by atoms with Crippen LogP contribution in [0.5, 0.6) is 0 Å². The molecule has 0 bridgehead atoms. The van der Waals surface area contributed by atoms with Crippen molar-refractivity contribution in [2.45, 2.75) is 25.0 Å². The molecule has 2 saturated heterocycles. The number of amides is 4. The van der Waals surface area contributed by atoms with Crippen molar-refractivity contribution in [1.29, 1.82) is 0 Å². The van der Waals surface area contributed by atoms with Crippen LogP contribution >= 0.6 is 11.6 Å². The maximum absolute atomic E-state index is 15.2. The van der Waals surface area contributed by atoms with Crippen LogP contribution in [-0.4, -0.2) is 92.5 Å².